The van der Waals surface area contributed by atoms with E-state index in [9.17, 15) is 9.59 Å². The van der Waals surface area contributed by atoms with Crippen molar-refractivity contribution in [2.45, 2.75) is 33.9 Å². The summed E-state index contributed by atoms with van der Waals surface area (Å²) in [4.78, 5) is 34.1. The van der Waals surface area contributed by atoms with Crippen molar-refractivity contribution in [1.82, 2.24) is 23.7 Å². The summed E-state index contributed by atoms with van der Waals surface area (Å²) in [6, 6.07) is 3.67. The smallest absolute Gasteiger partial charge is 0.332 e. The Labute approximate surface area is 174 Å². The minimum absolute atomic E-state index is 0.314. The molecule has 3 aromatic heterocycles. The number of hydrogen-bond acceptors (Lipinski definition) is 6. The third kappa shape index (κ3) is 4.20. The summed E-state index contributed by atoms with van der Waals surface area (Å²) in [5, 5.41) is 0. The van der Waals surface area contributed by atoms with Gasteiger partial charge in [0.2, 0.25) is 5.88 Å². The first-order valence-electron chi connectivity index (χ1n) is 10.1. The Morgan fingerprint density at radius 3 is 2.43 bits per heavy atom. The van der Waals surface area contributed by atoms with Gasteiger partial charge in [-0.05, 0) is 44.6 Å². The first kappa shape index (κ1) is 21.5. The summed E-state index contributed by atoms with van der Waals surface area (Å²) in [5.41, 5.74) is 1.00. The van der Waals surface area contributed by atoms with Crippen molar-refractivity contribution < 1.29 is 9.47 Å². The molecule has 0 saturated heterocycles. The maximum absolute atomic E-state index is 12.8. The van der Waals surface area contributed by atoms with Crippen LogP contribution in [0.5, 0.6) is 5.88 Å². The molecule has 0 aliphatic heterocycles. The molecule has 0 N–H and O–H groups in total. The quantitative estimate of drug-likeness (QED) is 0.498. The molecule has 0 unspecified atom stereocenters. The molecule has 0 aromatic carbocycles. The van der Waals surface area contributed by atoms with Crippen LogP contribution >= 0.6 is 0 Å². The standard InChI is InChI=1S/C21H27N5O4/c1-5-25-19-18(20(27)26(6-2)21(25)28)24(4)16(23-19)10-8-15-9-11-17(22-14-15)30-13-12-29-7-3/h8-11,14H,5-7,12-13H2,1-4H3/b10-8+. The van der Waals surface area contributed by atoms with Crippen molar-refractivity contribution >= 4 is 23.3 Å². The average molecular weight is 413 g/mol. The summed E-state index contributed by atoms with van der Waals surface area (Å²) in [6.07, 6.45) is 5.35. The molecular formula is C21H27N5O4. The molecule has 0 atom stereocenters. The third-order valence-electron chi connectivity index (χ3n) is 4.77. The molecule has 0 saturated carbocycles. The van der Waals surface area contributed by atoms with Crippen LogP contribution in [0.25, 0.3) is 23.3 Å². The summed E-state index contributed by atoms with van der Waals surface area (Å²) >= 11 is 0. The Bertz CT molecular complexity index is 1160. The highest BCUT2D eigenvalue weighted by molar-refractivity contribution is 5.76. The molecule has 160 valence electrons. The first-order chi connectivity index (χ1) is 14.5. The summed E-state index contributed by atoms with van der Waals surface area (Å²) in [5.74, 6) is 1.11. The third-order valence-corrected chi connectivity index (χ3v) is 4.77. The van der Waals surface area contributed by atoms with Gasteiger partial charge in [0.15, 0.2) is 11.2 Å². The molecule has 9 nitrogen and oxygen atoms in total. The van der Waals surface area contributed by atoms with Crippen LogP contribution < -0.4 is 16.0 Å². The van der Waals surface area contributed by atoms with E-state index in [1.807, 2.05) is 26.0 Å². The van der Waals surface area contributed by atoms with Gasteiger partial charge >= 0.3 is 5.69 Å². The maximum atomic E-state index is 12.8. The fourth-order valence-corrected chi connectivity index (χ4v) is 3.19. The molecule has 0 fully saturated rings. The van der Waals surface area contributed by atoms with Gasteiger partial charge in [0.25, 0.3) is 5.56 Å². The minimum atomic E-state index is -0.338. The maximum Gasteiger partial charge on any atom is 0.332 e. The molecule has 0 bridgehead atoms. The van der Waals surface area contributed by atoms with Crippen molar-refractivity contribution in [3.05, 3.63) is 50.6 Å². The van der Waals surface area contributed by atoms with Gasteiger partial charge in [-0.15, -0.1) is 0 Å². The number of pyridine rings is 1. The van der Waals surface area contributed by atoms with E-state index in [1.54, 1.807) is 36.9 Å². The lowest BCUT2D eigenvalue weighted by Gasteiger charge is -2.08. The molecule has 30 heavy (non-hydrogen) atoms. The van der Waals surface area contributed by atoms with Crippen LogP contribution in [0.3, 0.4) is 0 Å². The molecule has 0 amide bonds. The second-order valence-electron chi connectivity index (χ2n) is 6.59. The Kier molecular flexibility index (Phi) is 6.83. The van der Waals surface area contributed by atoms with Crippen molar-refractivity contribution in [3.8, 4) is 5.88 Å². The van der Waals surface area contributed by atoms with Gasteiger partial charge in [0, 0.05) is 39.0 Å². The van der Waals surface area contributed by atoms with Crippen molar-refractivity contribution in [1.29, 1.82) is 0 Å². The molecule has 3 aromatic rings. The fourth-order valence-electron chi connectivity index (χ4n) is 3.19. The summed E-state index contributed by atoms with van der Waals surface area (Å²) < 4.78 is 15.2. The lowest BCUT2D eigenvalue weighted by Crippen LogP contribution is -2.39. The number of aromatic nitrogens is 5. The van der Waals surface area contributed by atoms with Gasteiger partial charge in [0.1, 0.15) is 12.4 Å². The van der Waals surface area contributed by atoms with E-state index < -0.39 is 0 Å². The van der Waals surface area contributed by atoms with Crippen LogP contribution in [0.15, 0.2) is 27.9 Å². The zero-order chi connectivity index (χ0) is 21.7. The predicted octanol–water partition coefficient (Wildman–Crippen LogP) is 1.92. The highest BCUT2D eigenvalue weighted by Crippen LogP contribution is 2.14. The molecule has 0 aliphatic rings. The van der Waals surface area contributed by atoms with Gasteiger partial charge in [-0.1, -0.05) is 0 Å². The topological polar surface area (TPSA) is 93.2 Å². The van der Waals surface area contributed by atoms with Crippen LogP contribution in [-0.2, 0) is 24.9 Å². The predicted molar refractivity (Wildman–Crippen MR) is 116 cm³/mol. The largest absolute Gasteiger partial charge is 0.475 e. The van der Waals surface area contributed by atoms with Crippen LogP contribution in [0.4, 0.5) is 0 Å². The van der Waals surface area contributed by atoms with Crippen LogP contribution in [0.2, 0.25) is 0 Å². The van der Waals surface area contributed by atoms with E-state index in [-0.39, 0.29) is 11.2 Å². The molecular weight excluding hydrogens is 386 g/mol. The van der Waals surface area contributed by atoms with Crippen LogP contribution in [-0.4, -0.2) is 43.5 Å². The number of ether oxygens (including phenoxy) is 2. The Morgan fingerprint density at radius 2 is 1.80 bits per heavy atom. The number of hydrogen-bond donors (Lipinski definition) is 0. The van der Waals surface area contributed by atoms with E-state index in [1.165, 1.54) is 9.13 Å². The van der Waals surface area contributed by atoms with Crippen molar-refractivity contribution in [2.24, 2.45) is 7.05 Å². The number of rotatable bonds is 9. The summed E-state index contributed by atoms with van der Waals surface area (Å²) in [7, 11) is 1.77. The number of imidazole rings is 1. The minimum Gasteiger partial charge on any atom is -0.475 e. The lowest BCUT2D eigenvalue weighted by atomic mass is 10.2. The van der Waals surface area contributed by atoms with Gasteiger partial charge < -0.3 is 14.0 Å². The van der Waals surface area contributed by atoms with Crippen LogP contribution in [0.1, 0.15) is 32.2 Å². The van der Waals surface area contributed by atoms with E-state index >= 15 is 0 Å². The molecule has 3 heterocycles. The SMILES string of the molecule is CCOCCOc1ccc(/C=C/c2nc3c(c(=O)n(CC)c(=O)n3CC)n2C)cn1. The lowest BCUT2D eigenvalue weighted by molar-refractivity contribution is 0.108. The van der Waals surface area contributed by atoms with E-state index in [0.717, 1.165) is 5.56 Å². The average Bonchev–Trinajstić information content (AvgIpc) is 3.07. The van der Waals surface area contributed by atoms with Gasteiger partial charge in [-0.3, -0.25) is 13.9 Å². The zero-order valence-corrected chi connectivity index (χ0v) is 17.8. The van der Waals surface area contributed by atoms with Gasteiger partial charge in [0.05, 0.1) is 6.61 Å². The number of aryl methyl sites for hydroxylation is 2. The van der Waals surface area contributed by atoms with E-state index in [0.29, 0.717) is 55.8 Å². The molecule has 0 aliphatic carbocycles. The zero-order valence-electron chi connectivity index (χ0n) is 17.8. The highest BCUT2D eigenvalue weighted by atomic mass is 16.5. The monoisotopic (exact) mass is 413 g/mol. The molecule has 0 spiro atoms. The second kappa shape index (κ2) is 9.53. The normalized spacial score (nSPS) is 11.6. The van der Waals surface area contributed by atoms with E-state index in [4.69, 9.17) is 9.47 Å². The second-order valence-corrected chi connectivity index (χ2v) is 6.59. The van der Waals surface area contributed by atoms with Crippen molar-refractivity contribution in [2.75, 3.05) is 19.8 Å². The Hall–Kier alpha value is -3.20. The number of fused-ring (bicyclic) bond motifs is 1. The van der Waals surface area contributed by atoms with E-state index in [2.05, 4.69) is 9.97 Å². The highest BCUT2D eigenvalue weighted by Gasteiger charge is 2.17. The fraction of sp³-hybridized carbons (Fsp3) is 0.429. The molecule has 0 radical (unpaired) electrons. The Balaban J connectivity index is 1.88. The molecule has 3 rings (SSSR count). The van der Waals surface area contributed by atoms with Gasteiger partial charge in [-0.2, -0.15) is 0 Å². The van der Waals surface area contributed by atoms with Gasteiger partial charge in [-0.25, -0.2) is 14.8 Å². The summed E-state index contributed by atoms with van der Waals surface area (Å²) in [6.45, 7) is 7.95. The number of nitrogens with zero attached hydrogens (tertiary/aromatic N) is 5. The van der Waals surface area contributed by atoms with Crippen LogP contribution in [0, 0.1) is 0 Å². The van der Waals surface area contributed by atoms with Crippen molar-refractivity contribution in [3.63, 3.8) is 0 Å². The Morgan fingerprint density at radius 1 is 1.03 bits per heavy atom. The molecule has 9 heteroatoms. The first-order valence-corrected chi connectivity index (χ1v) is 10.1.